The van der Waals surface area contributed by atoms with Gasteiger partial charge in [0.05, 0.1) is 6.26 Å². The molecule has 0 fully saturated rings. The molecule has 0 radical (unpaired) electrons. The van der Waals surface area contributed by atoms with E-state index < -0.39 is 0 Å². The van der Waals surface area contributed by atoms with Crippen molar-refractivity contribution in [2.75, 3.05) is 7.05 Å². The first-order chi connectivity index (χ1) is 8.61. The van der Waals surface area contributed by atoms with E-state index in [0.29, 0.717) is 6.04 Å². The van der Waals surface area contributed by atoms with Crippen LogP contribution in [0, 0.1) is 0 Å². The molecule has 0 spiro atoms. The third-order valence-corrected chi connectivity index (χ3v) is 4.27. The minimum Gasteiger partial charge on any atom is -0.464 e. The van der Waals surface area contributed by atoms with Crippen LogP contribution in [-0.2, 0) is 5.41 Å². The summed E-state index contributed by atoms with van der Waals surface area (Å²) in [4.78, 5) is 0. The summed E-state index contributed by atoms with van der Waals surface area (Å²) in [6.07, 6.45) is 4.12. The predicted molar refractivity (Wildman–Crippen MR) is 77.0 cm³/mol. The molecular weight excluding hydrogens is 222 g/mol. The molecule has 1 aromatic heterocycles. The molecule has 2 atom stereocenters. The molecule has 2 heteroatoms. The van der Waals surface area contributed by atoms with Gasteiger partial charge in [0.25, 0.3) is 0 Å². The summed E-state index contributed by atoms with van der Waals surface area (Å²) >= 11 is 0. The summed E-state index contributed by atoms with van der Waals surface area (Å²) in [6.45, 7) is 6.85. The van der Waals surface area contributed by atoms with Crippen LogP contribution in [0.15, 0.2) is 34.9 Å². The van der Waals surface area contributed by atoms with Crippen LogP contribution in [0.2, 0.25) is 0 Å². The van der Waals surface area contributed by atoms with E-state index in [0.717, 1.165) is 5.58 Å². The summed E-state index contributed by atoms with van der Waals surface area (Å²) in [6, 6.07) is 9.04. The lowest BCUT2D eigenvalue weighted by Crippen LogP contribution is -2.42. The molecule has 2 unspecified atom stereocenters. The van der Waals surface area contributed by atoms with Crippen molar-refractivity contribution >= 4 is 11.0 Å². The number of nitrogens with one attached hydrogen (secondary N) is 1. The molecule has 1 aromatic carbocycles. The zero-order chi connectivity index (χ0) is 13.2. The lowest BCUT2D eigenvalue weighted by molar-refractivity contribution is 0.325. The van der Waals surface area contributed by atoms with Crippen LogP contribution < -0.4 is 5.32 Å². The summed E-state index contributed by atoms with van der Waals surface area (Å²) in [5.74, 6) is 0. The fraction of sp³-hybridized carbons (Fsp3) is 0.500. The summed E-state index contributed by atoms with van der Waals surface area (Å²) in [5, 5.41) is 4.60. The van der Waals surface area contributed by atoms with E-state index >= 15 is 0 Å². The van der Waals surface area contributed by atoms with Gasteiger partial charge >= 0.3 is 0 Å². The van der Waals surface area contributed by atoms with Crippen molar-refractivity contribution in [3.8, 4) is 0 Å². The minimum atomic E-state index is 0.162. The molecule has 0 amide bonds. The molecule has 0 saturated carbocycles. The Morgan fingerprint density at radius 2 is 2.11 bits per heavy atom. The largest absolute Gasteiger partial charge is 0.464 e. The van der Waals surface area contributed by atoms with Crippen molar-refractivity contribution in [1.82, 2.24) is 5.32 Å². The Hall–Kier alpha value is -1.28. The highest BCUT2D eigenvalue weighted by molar-refractivity contribution is 5.78. The van der Waals surface area contributed by atoms with Gasteiger partial charge in [0.2, 0.25) is 0 Å². The SMILES string of the molecule is CCCC(C)(c1ccc2occc2c1)C(C)NC. The fourth-order valence-electron chi connectivity index (χ4n) is 2.77. The van der Waals surface area contributed by atoms with Crippen molar-refractivity contribution in [3.05, 3.63) is 36.1 Å². The molecule has 1 heterocycles. The van der Waals surface area contributed by atoms with Crippen LogP contribution in [0.3, 0.4) is 0 Å². The molecule has 1 N–H and O–H groups in total. The standard InChI is InChI=1S/C16H23NO/c1-5-9-16(3,12(2)17-4)14-6-7-15-13(11-14)8-10-18-15/h6-8,10-12,17H,5,9H2,1-4H3. The number of fused-ring (bicyclic) bond motifs is 1. The van der Waals surface area contributed by atoms with Gasteiger partial charge < -0.3 is 9.73 Å². The van der Waals surface area contributed by atoms with Crippen molar-refractivity contribution in [3.63, 3.8) is 0 Å². The number of likely N-dealkylation sites (N-methyl/N-ethyl adjacent to an activating group) is 1. The second-order valence-electron chi connectivity index (χ2n) is 5.35. The molecule has 0 aliphatic rings. The van der Waals surface area contributed by atoms with E-state index in [1.54, 1.807) is 6.26 Å². The molecule has 2 rings (SSSR count). The van der Waals surface area contributed by atoms with Gasteiger partial charge in [-0.2, -0.15) is 0 Å². The third-order valence-electron chi connectivity index (χ3n) is 4.27. The van der Waals surface area contributed by atoms with Crippen molar-refractivity contribution in [2.45, 2.75) is 45.1 Å². The van der Waals surface area contributed by atoms with Gasteiger partial charge in [0.1, 0.15) is 5.58 Å². The summed E-state index contributed by atoms with van der Waals surface area (Å²) in [7, 11) is 2.04. The first kappa shape index (κ1) is 13.2. The molecule has 0 saturated heterocycles. The van der Waals surface area contributed by atoms with E-state index in [1.807, 2.05) is 13.1 Å². The molecule has 0 bridgehead atoms. The van der Waals surface area contributed by atoms with E-state index in [4.69, 9.17) is 4.42 Å². The van der Waals surface area contributed by atoms with E-state index in [-0.39, 0.29) is 5.41 Å². The van der Waals surface area contributed by atoms with Gasteiger partial charge in [-0.05, 0) is 44.2 Å². The normalized spacial score (nSPS) is 16.7. The average molecular weight is 245 g/mol. The quantitative estimate of drug-likeness (QED) is 0.858. The summed E-state index contributed by atoms with van der Waals surface area (Å²) < 4.78 is 5.42. The highest BCUT2D eigenvalue weighted by atomic mass is 16.3. The van der Waals surface area contributed by atoms with E-state index in [2.05, 4.69) is 44.3 Å². The maximum Gasteiger partial charge on any atom is 0.133 e. The maximum atomic E-state index is 5.42. The second-order valence-corrected chi connectivity index (χ2v) is 5.35. The van der Waals surface area contributed by atoms with Crippen LogP contribution >= 0.6 is 0 Å². The van der Waals surface area contributed by atoms with Gasteiger partial charge in [0.15, 0.2) is 0 Å². The molecule has 2 nitrogen and oxygen atoms in total. The second kappa shape index (κ2) is 5.15. The topological polar surface area (TPSA) is 25.2 Å². The van der Waals surface area contributed by atoms with Gasteiger partial charge in [-0.15, -0.1) is 0 Å². The highest BCUT2D eigenvalue weighted by Gasteiger charge is 2.31. The number of benzene rings is 1. The van der Waals surface area contributed by atoms with Gasteiger partial charge in [0, 0.05) is 16.8 Å². The zero-order valence-corrected chi connectivity index (χ0v) is 11.8. The van der Waals surface area contributed by atoms with Crippen molar-refractivity contribution in [1.29, 1.82) is 0 Å². The Kier molecular flexibility index (Phi) is 3.76. The van der Waals surface area contributed by atoms with E-state index in [1.165, 1.54) is 23.8 Å². The van der Waals surface area contributed by atoms with E-state index in [9.17, 15) is 0 Å². The zero-order valence-electron chi connectivity index (χ0n) is 11.8. The average Bonchev–Trinajstić information content (AvgIpc) is 2.85. The predicted octanol–water partition coefficient (Wildman–Crippen LogP) is 4.10. The van der Waals surface area contributed by atoms with Crippen molar-refractivity contribution in [2.24, 2.45) is 0 Å². The Morgan fingerprint density at radius 1 is 1.33 bits per heavy atom. The third kappa shape index (κ3) is 2.17. The summed E-state index contributed by atoms with van der Waals surface area (Å²) in [5.41, 5.74) is 2.52. The monoisotopic (exact) mass is 245 g/mol. The fourth-order valence-corrected chi connectivity index (χ4v) is 2.77. The molecular formula is C16H23NO. The van der Waals surface area contributed by atoms with Crippen molar-refractivity contribution < 1.29 is 4.42 Å². The Morgan fingerprint density at radius 3 is 2.78 bits per heavy atom. The van der Waals surface area contributed by atoms with Crippen LogP contribution in [0.4, 0.5) is 0 Å². The molecule has 18 heavy (non-hydrogen) atoms. The first-order valence-corrected chi connectivity index (χ1v) is 6.77. The Balaban J connectivity index is 2.46. The van der Waals surface area contributed by atoms with Gasteiger partial charge in [-0.3, -0.25) is 0 Å². The number of hydrogen-bond acceptors (Lipinski definition) is 2. The molecule has 0 aliphatic carbocycles. The minimum absolute atomic E-state index is 0.162. The maximum absolute atomic E-state index is 5.42. The van der Waals surface area contributed by atoms with Crippen LogP contribution in [0.1, 0.15) is 39.2 Å². The van der Waals surface area contributed by atoms with Gasteiger partial charge in [-0.25, -0.2) is 0 Å². The molecule has 0 aliphatic heterocycles. The number of rotatable bonds is 5. The molecule has 2 aromatic rings. The Labute approximate surface area is 109 Å². The molecule has 98 valence electrons. The van der Waals surface area contributed by atoms with Gasteiger partial charge in [-0.1, -0.05) is 26.3 Å². The highest BCUT2D eigenvalue weighted by Crippen LogP contribution is 2.34. The number of hydrogen-bond donors (Lipinski definition) is 1. The smallest absolute Gasteiger partial charge is 0.133 e. The van der Waals surface area contributed by atoms with Crippen LogP contribution in [-0.4, -0.2) is 13.1 Å². The number of furan rings is 1. The first-order valence-electron chi connectivity index (χ1n) is 6.77. The lowest BCUT2D eigenvalue weighted by Gasteiger charge is -2.36. The lowest BCUT2D eigenvalue weighted by atomic mass is 9.73. The van der Waals surface area contributed by atoms with Crippen LogP contribution in [0.25, 0.3) is 11.0 Å². The Bertz CT molecular complexity index is 517. The van der Waals surface area contributed by atoms with Crippen LogP contribution in [0.5, 0.6) is 0 Å².